The van der Waals surface area contributed by atoms with Crippen LogP contribution in [0.2, 0.25) is 0 Å². The Labute approximate surface area is 432 Å². The van der Waals surface area contributed by atoms with Gasteiger partial charge in [0, 0.05) is 90.4 Å². The van der Waals surface area contributed by atoms with Crippen molar-refractivity contribution in [3.05, 3.63) is 149 Å². The van der Waals surface area contributed by atoms with Crippen LogP contribution in [-0.4, -0.2) is 88.9 Å². The lowest BCUT2D eigenvalue weighted by Crippen LogP contribution is -2.29. The Morgan fingerprint density at radius 1 is 0.987 bits per heavy atom. The number of nitrogen functional groups attached to an aromatic ring is 1. The normalized spacial score (nSPS) is 18.0. The number of aliphatic hydroxyl groups excluding tert-OH is 1. The number of ketones is 1. The number of nitrogens with zero attached hydrogens (tertiary/aromatic N) is 4. The quantitative estimate of drug-likeness (QED) is 0.0170. The number of aromatic carboxylic acids is 1. The third kappa shape index (κ3) is 13.6. The number of carboxylic acid groups (broad SMARTS) is 1. The number of phosphoric acid groups is 3. The van der Waals surface area contributed by atoms with Crippen molar-refractivity contribution in [1.82, 2.24) is 9.55 Å². The molecule has 8 N–H and O–H groups in total. The summed E-state index contributed by atoms with van der Waals surface area (Å²) in [5.41, 5.74) is 7.88. The Morgan fingerprint density at radius 3 is 2.39 bits per heavy atom. The van der Waals surface area contributed by atoms with E-state index in [0.717, 1.165) is 10.3 Å². The number of ether oxygens (including phenoxy) is 3. The molecule has 402 valence electrons. The summed E-state index contributed by atoms with van der Waals surface area (Å²) in [5.74, 6) is 4.57. The highest BCUT2D eigenvalue weighted by Gasteiger charge is 2.43. The zero-order valence-corrected chi connectivity index (χ0v) is 43.4. The number of fused-ring (bicyclic) bond motifs is 2. The van der Waals surface area contributed by atoms with Gasteiger partial charge >= 0.3 is 35.1 Å². The van der Waals surface area contributed by atoms with Gasteiger partial charge in [-0.05, 0) is 59.2 Å². The molecule has 3 heterocycles. The summed E-state index contributed by atoms with van der Waals surface area (Å²) in [7, 11) is -13.3. The molecule has 0 bridgehead atoms. The number of carbonyl (C=O) groups excluding carboxylic acids is 1. The second-order valence-corrected chi connectivity index (χ2v) is 22.3. The monoisotopic (exact) mass is 1110 g/mol. The molecule has 28 heteroatoms. The summed E-state index contributed by atoms with van der Waals surface area (Å²) in [6, 6.07) is 19.6. The number of nitro groups is 1. The van der Waals surface area contributed by atoms with Crippen molar-refractivity contribution in [3.63, 3.8) is 0 Å². The van der Waals surface area contributed by atoms with Gasteiger partial charge in [0.05, 0.1) is 41.5 Å². The number of benzene rings is 4. The van der Waals surface area contributed by atoms with Crippen LogP contribution in [0.15, 0.2) is 83.8 Å². The van der Waals surface area contributed by atoms with Crippen LogP contribution in [0.25, 0.3) is 12.2 Å². The average molecular weight is 1110 g/mol. The Balaban J connectivity index is 1.04. The molecular formula is C48H50N5O20P3. The number of hydrogen-bond acceptors (Lipinski definition) is 18. The molecule has 1 fully saturated rings. The van der Waals surface area contributed by atoms with Gasteiger partial charge in [-0.25, -0.2) is 23.3 Å². The fourth-order valence-corrected chi connectivity index (χ4v) is 11.3. The topological polar surface area (TPSA) is 369 Å². The van der Waals surface area contributed by atoms with Crippen LogP contribution in [0.1, 0.15) is 94.0 Å². The van der Waals surface area contributed by atoms with Gasteiger partial charge in [-0.15, -0.1) is 0 Å². The molecule has 0 radical (unpaired) electrons. The molecule has 6 atom stereocenters. The van der Waals surface area contributed by atoms with Crippen LogP contribution >= 0.6 is 23.5 Å². The molecule has 7 rings (SSSR count). The van der Waals surface area contributed by atoms with Gasteiger partial charge in [-0.1, -0.05) is 50.5 Å². The zero-order chi connectivity index (χ0) is 55.6. The number of aliphatic hydroxyl groups is 1. The SMILES string of the molecule is C=c1ccc2c(c1)Oc1cc(N(C)C)ccc1C=2c1cc(C(=O)CCC#Cc2ccc(C(OCc3cn([C@H]4CC(O)[C@@H](COP(=O)(O)OP(=O)(O)OP(=O)(O)O)O4)c(=O)nc3N)C(C)C)c([N+](=O)[O-])c2)ccc1C(=O)O. The van der Waals surface area contributed by atoms with Crippen LogP contribution in [0.5, 0.6) is 11.5 Å². The maximum absolute atomic E-state index is 13.7. The van der Waals surface area contributed by atoms with Gasteiger partial charge < -0.3 is 54.6 Å². The van der Waals surface area contributed by atoms with Crippen molar-refractivity contribution in [2.24, 2.45) is 5.92 Å². The molecule has 0 saturated carbocycles. The van der Waals surface area contributed by atoms with Crippen molar-refractivity contribution in [1.29, 1.82) is 0 Å². The molecule has 5 aromatic rings. The smallest absolute Gasteiger partial charge is 0.478 e. The van der Waals surface area contributed by atoms with Crippen LogP contribution in [0.3, 0.4) is 0 Å². The number of carboxylic acids is 1. The fourth-order valence-electron chi connectivity index (χ4n) is 8.27. The second kappa shape index (κ2) is 22.9. The Morgan fingerprint density at radius 2 is 1.72 bits per heavy atom. The first-order valence-corrected chi connectivity index (χ1v) is 27.2. The van der Waals surface area contributed by atoms with Crippen LogP contribution in [0, 0.1) is 27.9 Å². The highest BCUT2D eigenvalue weighted by Crippen LogP contribution is 2.66. The van der Waals surface area contributed by atoms with Gasteiger partial charge in [0.25, 0.3) is 5.69 Å². The van der Waals surface area contributed by atoms with E-state index in [4.69, 9.17) is 29.7 Å². The number of rotatable bonds is 20. The summed E-state index contributed by atoms with van der Waals surface area (Å²) in [6.45, 7) is 6.15. The van der Waals surface area contributed by atoms with E-state index >= 15 is 0 Å². The first-order chi connectivity index (χ1) is 35.6. The summed E-state index contributed by atoms with van der Waals surface area (Å²) in [5, 5.41) is 34.7. The number of hydrogen-bond donors (Lipinski definition) is 7. The number of anilines is 2. The molecule has 4 unspecified atom stereocenters. The summed E-state index contributed by atoms with van der Waals surface area (Å²) in [4.78, 5) is 93.6. The van der Waals surface area contributed by atoms with E-state index in [1.807, 2.05) is 37.2 Å². The predicted octanol–water partition coefficient (Wildman–Crippen LogP) is 5.18. The standard InChI is InChI=1S/C48H50N5O20P3/c1-26(2)45(68-24-30-23-52(48(58)50-46(30)49)43-22-39(55)42(71-43)25-69-75(64,65)73-76(66,67)72-74(61,62)63)33-15-11-28(19-37(33)53(59)60)8-6-7-9-38(54)29-12-16-32(47(56)57)36(20-29)44-34-14-10-27(3)18-40(34)70-41-21-31(51(4)5)13-17-35(41)44/h10-21,23,26,39,42-43,45,55H,3,7,9,22,24-25H2,1-2,4-5H3,(H,56,57)(H,64,65)(H,66,67)(H2,49,50,58)(H2,61,62,63)/t39?,42-,43-,45?/m1/s1. The fraction of sp³-hybridized carbons (Fsp3) is 0.292. The molecule has 76 heavy (non-hydrogen) atoms. The molecule has 1 saturated heterocycles. The molecule has 0 spiro atoms. The van der Waals surface area contributed by atoms with Crippen molar-refractivity contribution in [3.8, 4) is 23.3 Å². The second-order valence-electron chi connectivity index (χ2n) is 17.8. The Hall–Kier alpha value is -6.71. The largest absolute Gasteiger partial charge is 0.490 e. The minimum Gasteiger partial charge on any atom is -0.478 e. The third-order valence-electron chi connectivity index (χ3n) is 11.8. The number of nitro benzene ring substituents is 1. The average Bonchev–Trinajstić information content (AvgIpc) is 3.69. The van der Waals surface area contributed by atoms with Crippen molar-refractivity contribution in [2.75, 3.05) is 31.3 Å². The Bertz CT molecular complexity index is 3540. The first kappa shape index (κ1) is 57.0. The van der Waals surface area contributed by atoms with Crippen LogP contribution < -0.4 is 31.5 Å². The molecular weight excluding hydrogens is 1060 g/mol. The Kier molecular flexibility index (Phi) is 17.2. The van der Waals surface area contributed by atoms with Gasteiger partial charge in [0.1, 0.15) is 29.6 Å². The lowest BCUT2D eigenvalue weighted by Gasteiger charge is -2.24. The maximum atomic E-state index is 13.7. The van der Waals surface area contributed by atoms with Gasteiger partial charge in [0.2, 0.25) is 0 Å². The molecule has 0 aliphatic carbocycles. The number of carbonyl (C=O) groups is 2. The van der Waals surface area contributed by atoms with Crippen LogP contribution in [-0.2, 0) is 42.9 Å². The minimum absolute atomic E-state index is 0.0288. The van der Waals surface area contributed by atoms with Gasteiger partial charge in [0.15, 0.2) is 5.78 Å². The highest BCUT2D eigenvalue weighted by atomic mass is 31.3. The van der Waals surface area contributed by atoms with E-state index in [0.29, 0.717) is 38.6 Å². The maximum Gasteiger partial charge on any atom is 0.490 e. The van der Waals surface area contributed by atoms with Gasteiger partial charge in [-0.2, -0.15) is 13.6 Å². The van der Waals surface area contributed by atoms with E-state index in [2.05, 4.69) is 36.5 Å². The third-order valence-corrected chi connectivity index (χ3v) is 15.6. The predicted molar refractivity (Wildman–Crippen MR) is 270 cm³/mol. The summed E-state index contributed by atoms with van der Waals surface area (Å²) in [6.07, 6.45) is -4.35. The highest BCUT2D eigenvalue weighted by molar-refractivity contribution is 7.66. The van der Waals surface area contributed by atoms with Crippen molar-refractivity contribution >= 4 is 64.6 Å². The van der Waals surface area contributed by atoms with E-state index < -0.39 is 71.2 Å². The zero-order valence-electron chi connectivity index (χ0n) is 40.7. The number of phosphoric ester groups is 1. The van der Waals surface area contributed by atoms with E-state index in [9.17, 15) is 58.2 Å². The lowest BCUT2D eigenvalue weighted by molar-refractivity contribution is -0.386. The first-order valence-electron chi connectivity index (χ1n) is 22.7. The van der Waals surface area contributed by atoms with Crippen LogP contribution in [0.4, 0.5) is 17.2 Å². The van der Waals surface area contributed by atoms with E-state index in [1.165, 1.54) is 30.5 Å². The molecule has 2 aliphatic rings. The molecule has 25 nitrogen and oxygen atoms in total. The van der Waals surface area contributed by atoms with Crippen molar-refractivity contribution < 1.29 is 85.3 Å². The summed E-state index contributed by atoms with van der Waals surface area (Å²) < 4.78 is 65.7. The number of Topliss-reactive ketones (excluding diaryl/α,β-unsaturated/α-hetero) is 1. The lowest BCUT2D eigenvalue weighted by atomic mass is 9.87. The summed E-state index contributed by atoms with van der Waals surface area (Å²) >= 11 is 0. The minimum atomic E-state index is -5.82. The van der Waals surface area contributed by atoms with E-state index in [1.54, 1.807) is 44.2 Å². The number of nitrogens with two attached hydrogens (primary N) is 1. The number of aromatic nitrogens is 2. The van der Waals surface area contributed by atoms with Crippen molar-refractivity contribution in [2.45, 2.75) is 64.3 Å². The molecule has 4 aromatic carbocycles. The molecule has 0 amide bonds. The molecule has 2 aliphatic heterocycles. The molecule has 1 aromatic heterocycles. The van der Waals surface area contributed by atoms with Gasteiger partial charge in [-0.3, -0.25) is 24.0 Å². The van der Waals surface area contributed by atoms with E-state index in [-0.39, 0.29) is 76.9 Å².